The lowest BCUT2D eigenvalue weighted by Crippen LogP contribution is -2.67. The number of aldehydes is 1. The van der Waals surface area contributed by atoms with Gasteiger partial charge in [-0.15, -0.1) is 6.42 Å². The van der Waals surface area contributed by atoms with Crippen molar-refractivity contribution in [3.05, 3.63) is 0 Å². The van der Waals surface area contributed by atoms with Gasteiger partial charge in [-0.25, -0.2) is 14.5 Å². The number of esters is 1. The Kier molecular flexibility index (Phi) is 4.87. The summed E-state index contributed by atoms with van der Waals surface area (Å²) in [6.07, 6.45) is 3.53. The van der Waals surface area contributed by atoms with Crippen molar-refractivity contribution >= 4 is 24.3 Å². The second-order valence-corrected chi connectivity index (χ2v) is 6.98. The first-order chi connectivity index (χ1) is 12.0. The summed E-state index contributed by atoms with van der Waals surface area (Å²) in [5, 5.41) is 0. The summed E-state index contributed by atoms with van der Waals surface area (Å²) in [6, 6.07) is 0. The van der Waals surface area contributed by atoms with E-state index in [0.29, 0.717) is 4.90 Å². The molecule has 0 bridgehead atoms. The lowest BCUT2D eigenvalue weighted by Gasteiger charge is -2.38. The van der Waals surface area contributed by atoms with Gasteiger partial charge in [-0.05, 0) is 20.8 Å². The Morgan fingerprint density at radius 2 is 2.00 bits per heavy atom. The van der Waals surface area contributed by atoms with Crippen LogP contribution in [-0.4, -0.2) is 66.4 Å². The SMILES string of the molecule is C#C[C@]12O[C@H](OC)CC1C(=O)N(C(=O)OC(C)(C)C)[C@@]2(C=O)C(=O)OC. The van der Waals surface area contributed by atoms with Gasteiger partial charge < -0.3 is 18.9 Å². The standard InChI is InChI=1S/C17H21NO8/c1-7-17-10(8-11(23-5)25-17)12(20)18(14(22)26-15(2,3)4)16(17,9-19)13(21)24-6/h1,9-11H,8H2,2-6H3/t10?,11-,16-,17-/m0/s1. The number of terminal acetylenes is 1. The van der Waals surface area contributed by atoms with E-state index >= 15 is 0 Å². The molecule has 4 atom stereocenters. The number of nitrogens with zero attached hydrogens (tertiary/aromatic N) is 1. The van der Waals surface area contributed by atoms with Crippen molar-refractivity contribution in [3.63, 3.8) is 0 Å². The average molecular weight is 367 g/mol. The predicted octanol–water partition coefficient (Wildman–Crippen LogP) is 0.255. The minimum Gasteiger partial charge on any atom is -0.467 e. The smallest absolute Gasteiger partial charge is 0.418 e. The third-order valence-electron chi connectivity index (χ3n) is 4.39. The molecule has 0 aromatic rings. The summed E-state index contributed by atoms with van der Waals surface area (Å²) in [4.78, 5) is 50.8. The fourth-order valence-corrected chi connectivity index (χ4v) is 3.34. The molecule has 142 valence electrons. The van der Waals surface area contributed by atoms with E-state index in [1.807, 2.05) is 0 Å². The molecule has 0 saturated carbocycles. The number of carbonyl (C=O) groups is 4. The van der Waals surface area contributed by atoms with Gasteiger partial charge in [0.1, 0.15) is 5.60 Å². The lowest BCUT2D eigenvalue weighted by atomic mass is 9.76. The maximum absolute atomic E-state index is 13.0. The summed E-state index contributed by atoms with van der Waals surface area (Å²) < 4.78 is 20.6. The molecule has 0 aromatic carbocycles. The van der Waals surface area contributed by atoms with Crippen LogP contribution in [0.1, 0.15) is 27.2 Å². The fourth-order valence-electron chi connectivity index (χ4n) is 3.34. The molecule has 2 fully saturated rings. The molecule has 0 N–H and O–H groups in total. The van der Waals surface area contributed by atoms with Gasteiger partial charge in [0.15, 0.2) is 18.2 Å². The molecule has 0 radical (unpaired) electrons. The number of methoxy groups -OCH3 is 2. The number of likely N-dealkylation sites (tertiary alicyclic amines) is 1. The van der Waals surface area contributed by atoms with Gasteiger partial charge >= 0.3 is 12.1 Å². The molecule has 9 nitrogen and oxygen atoms in total. The molecule has 0 aromatic heterocycles. The summed E-state index contributed by atoms with van der Waals surface area (Å²) >= 11 is 0. The molecule has 2 amide bonds. The number of rotatable bonds is 3. The van der Waals surface area contributed by atoms with Gasteiger partial charge in [-0.3, -0.25) is 9.59 Å². The average Bonchev–Trinajstić information content (AvgIpc) is 3.05. The van der Waals surface area contributed by atoms with Crippen molar-refractivity contribution < 1.29 is 38.1 Å². The molecule has 26 heavy (non-hydrogen) atoms. The number of hydrogen-bond donors (Lipinski definition) is 0. The van der Waals surface area contributed by atoms with E-state index in [1.165, 1.54) is 7.11 Å². The highest BCUT2D eigenvalue weighted by molar-refractivity contribution is 6.14. The van der Waals surface area contributed by atoms with Crippen LogP contribution in [0.15, 0.2) is 0 Å². The molecule has 0 spiro atoms. The van der Waals surface area contributed by atoms with Crippen molar-refractivity contribution in [1.82, 2.24) is 4.90 Å². The van der Waals surface area contributed by atoms with E-state index in [9.17, 15) is 19.2 Å². The first kappa shape index (κ1) is 19.9. The van der Waals surface area contributed by atoms with Crippen LogP contribution in [0.5, 0.6) is 0 Å². The van der Waals surface area contributed by atoms with Gasteiger partial charge in [-0.2, -0.15) is 0 Å². The normalized spacial score (nSPS) is 33.4. The number of hydrogen-bond acceptors (Lipinski definition) is 8. The van der Waals surface area contributed by atoms with Crippen LogP contribution in [0.2, 0.25) is 0 Å². The molecule has 9 heteroatoms. The van der Waals surface area contributed by atoms with Gasteiger partial charge in [0.2, 0.25) is 11.4 Å². The van der Waals surface area contributed by atoms with E-state index in [2.05, 4.69) is 5.92 Å². The predicted molar refractivity (Wildman–Crippen MR) is 85.4 cm³/mol. The number of imide groups is 1. The monoisotopic (exact) mass is 367 g/mol. The molecule has 0 aliphatic carbocycles. The number of ether oxygens (including phenoxy) is 4. The third-order valence-corrected chi connectivity index (χ3v) is 4.39. The minimum atomic E-state index is -2.52. The zero-order valence-corrected chi connectivity index (χ0v) is 15.2. The van der Waals surface area contributed by atoms with Crippen molar-refractivity contribution in [1.29, 1.82) is 0 Å². The highest BCUT2D eigenvalue weighted by Gasteiger charge is 2.79. The lowest BCUT2D eigenvalue weighted by molar-refractivity contribution is -0.187. The highest BCUT2D eigenvalue weighted by Crippen LogP contribution is 2.52. The first-order valence-corrected chi connectivity index (χ1v) is 7.84. The summed E-state index contributed by atoms with van der Waals surface area (Å²) in [5.41, 5.74) is -5.57. The van der Waals surface area contributed by atoms with Crippen LogP contribution in [-0.2, 0) is 33.3 Å². The Hall–Kier alpha value is -2.44. The van der Waals surface area contributed by atoms with E-state index in [1.54, 1.807) is 20.8 Å². The van der Waals surface area contributed by atoms with Crippen LogP contribution >= 0.6 is 0 Å². The highest BCUT2D eigenvalue weighted by atomic mass is 16.7. The van der Waals surface area contributed by atoms with Crippen molar-refractivity contribution in [3.8, 4) is 12.3 Å². The van der Waals surface area contributed by atoms with E-state index < -0.39 is 46.9 Å². The Morgan fingerprint density at radius 3 is 2.42 bits per heavy atom. The largest absolute Gasteiger partial charge is 0.467 e. The fraction of sp³-hybridized carbons (Fsp3) is 0.647. The molecule has 2 heterocycles. The Bertz CT molecular complexity index is 690. The van der Waals surface area contributed by atoms with E-state index in [-0.39, 0.29) is 12.7 Å². The zero-order valence-electron chi connectivity index (χ0n) is 15.2. The Balaban J connectivity index is 2.69. The Labute approximate surface area is 150 Å². The summed E-state index contributed by atoms with van der Waals surface area (Å²) in [6.45, 7) is 4.71. The van der Waals surface area contributed by atoms with Crippen LogP contribution in [0.25, 0.3) is 0 Å². The number of carbonyl (C=O) groups excluding carboxylic acids is 4. The molecule has 1 unspecified atom stereocenters. The maximum atomic E-state index is 13.0. The molecule has 2 saturated heterocycles. The van der Waals surface area contributed by atoms with Gasteiger partial charge in [0.25, 0.3) is 0 Å². The second kappa shape index (κ2) is 6.37. The van der Waals surface area contributed by atoms with Crippen molar-refractivity contribution in [2.45, 2.75) is 50.2 Å². The molecule has 2 aliphatic rings. The molecule has 2 rings (SSSR count). The summed E-state index contributed by atoms with van der Waals surface area (Å²) in [7, 11) is 2.33. The molecular weight excluding hydrogens is 346 g/mol. The third kappa shape index (κ3) is 2.48. The quantitative estimate of drug-likeness (QED) is 0.302. The Morgan fingerprint density at radius 1 is 1.38 bits per heavy atom. The van der Waals surface area contributed by atoms with Crippen LogP contribution in [0, 0.1) is 18.3 Å². The second-order valence-electron chi connectivity index (χ2n) is 6.98. The summed E-state index contributed by atoms with van der Waals surface area (Å²) in [5.74, 6) is -0.995. The van der Waals surface area contributed by atoms with Crippen molar-refractivity contribution in [2.24, 2.45) is 5.92 Å². The topological polar surface area (TPSA) is 108 Å². The maximum Gasteiger partial charge on any atom is 0.418 e. The van der Waals surface area contributed by atoms with Crippen LogP contribution in [0.3, 0.4) is 0 Å². The molecular formula is C17H21NO8. The molecule has 2 aliphatic heterocycles. The van der Waals surface area contributed by atoms with Crippen LogP contribution < -0.4 is 0 Å². The van der Waals surface area contributed by atoms with Crippen molar-refractivity contribution in [2.75, 3.05) is 14.2 Å². The van der Waals surface area contributed by atoms with Gasteiger partial charge in [0, 0.05) is 13.5 Å². The van der Waals surface area contributed by atoms with Crippen LogP contribution in [0.4, 0.5) is 4.79 Å². The van der Waals surface area contributed by atoms with Gasteiger partial charge in [-0.1, -0.05) is 5.92 Å². The van der Waals surface area contributed by atoms with E-state index in [0.717, 1.165) is 7.11 Å². The first-order valence-electron chi connectivity index (χ1n) is 7.84. The minimum absolute atomic E-state index is 0.0363. The van der Waals surface area contributed by atoms with Gasteiger partial charge in [0.05, 0.1) is 13.0 Å². The number of amides is 2. The number of fused-ring (bicyclic) bond motifs is 1. The zero-order chi connectivity index (χ0) is 19.9. The van der Waals surface area contributed by atoms with E-state index in [4.69, 9.17) is 25.4 Å².